The van der Waals surface area contributed by atoms with Crippen molar-refractivity contribution >= 4 is 5.91 Å². The molecule has 1 N–H and O–H groups in total. The Morgan fingerprint density at radius 3 is 3.12 bits per heavy atom. The van der Waals surface area contributed by atoms with Crippen molar-refractivity contribution in [3.8, 4) is 0 Å². The molecular weight excluding hydrogens is 204 g/mol. The number of likely N-dealkylation sites (N-methyl/N-ethyl adjacent to an activating group) is 1. The van der Waals surface area contributed by atoms with Crippen LogP contribution in [0.25, 0.3) is 0 Å². The number of amides is 1. The van der Waals surface area contributed by atoms with Crippen molar-refractivity contribution in [1.82, 2.24) is 10.2 Å². The Bertz CT molecular complexity index is 373. The van der Waals surface area contributed by atoms with Crippen molar-refractivity contribution in [3.05, 3.63) is 23.7 Å². The lowest BCUT2D eigenvalue weighted by Crippen LogP contribution is -2.33. The minimum atomic E-state index is 0.100. The van der Waals surface area contributed by atoms with Gasteiger partial charge in [0, 0.05) is 25.6 Å². The third-order valence-corrected chi connectivity index (χ3v) is 3.18. The molecule has 1 unspecified atom stereocenters. The maximum absolute atomic E-state index is 12.2. The summed E-state index contributed by atoms with van der Waals surface area (Å²) in [6, 6.07) is 2.20. The van der Waals surface area contributed by atoms with Gasteiger partial charge in [0.1, 0.15) is 5.76 Å². The quantitative estimate of drug-likeness (QED) is 0.838. The highest BCUT2D eigenvalue weighted by Gasteiger charge is 2.27. The molecule has 0 aromatic carbocycles. The third kappa shape index (κ3) is 1.97. The van der Waals surface area contributed by atoms with Crippen molar-refractivity contribution in [2.45, 2.75) is 25.8 Å². The Morgan fingerprint density at radius 1 is 1.69 bits per heavy atom. The molecule has 1 aromatic rings. The van der Waals surface area contributed by atoms with Crippen molar-refractivity contribution in [2.75, 3.05) is 20.1 Å². The lowest BCUT2D eigenvalue weighted by molar-refractivity contribution is 0.0787. The van der Waals surface area contributed by atoms with E-state index >= 15 is 0 Å². The van der Waals surface area contributed by atoms with Gasteiger partial charge in [-0.25, -0.2) is 0 Å². The molecule has 0 bridgehead atoms. The first-order valence-electron chi connectivity index (χ1n) is 5.79. The first-order valence-corrected chi connectivity index (χ1v) is 5.79. The van der Waals surface area contributed by atoms with E-state index in [0.717, 1.165) is 37.3 Å². The summed E-state index contributed by atoms with van der Waals surface area (Å²) < 4.78 is 5.28. The monoisotopic (exact) mass is 222 g/mol. The topological polar surface area (TPSA) is 45.5 Å². The summed E-state index contributed by atoms with van der Waals surface area (Å²) in [6.45, 7) is 3.62. The molecular formula is C12H18N2O2. The van der Waals surface area contributed by atoms with Gasteiger partial charge < -0.3 is 14.6 Å². The van der Waals surface area contributed by atoms with Crippen LogP contribution in [0.4, 0.5) is 0 Å². The summed E-state index contributed by atoms with van der Waals surface area (Å²) in [5.74, 6) is 0.890. The van der Waals surface area contributed by atoms with E-state index in [1.807, 2.05) is 18.9 Å². The van der Waals surface area contributed by atoms with E-state index in [-0.39, 0.29) is 5.91 Å². The maximum Gasteiger partial charge on any atom is 0.257 e. The van der Waals surface area contributed by atoms with Crippen LogP contribution in [0.3, 0.4) is 0 Å². The van der Waals surface area contributed by atoms with Crippen LogP contribution in [0.1, 0.15) is 29.5 Å². The molecule has 1 saturated heterocycles. The van der Waals surface area contributed by atoms with Gasteiger partial charge in [-0.05, 0) is 19.5 Å². The molecule has 0 spiro atoms. The number of nitrogens with zero attached hydrogens (tertiary/aromatic N) is 1. The molecule has 1 aliphatic rings. The van der Waals surface area contributed by atoms with E-state index in [1.54, 1.807) is 12.3 Å². The largest absolute Gasteiger partial charge is 0.469 e. The van der Waals surface area contributed by atoms with Gasteiger partial charge in [-0.15, -0.1) is 0 Å². The smallest absolute Gasteiger partial charge is 0.257 e. The molecule has 1 aromatic heterocycles. The van der Waals surface area contributed by atoms with Crippen molar-refractivity contribution in [3.63, 3.8) is 0 Å². The fourth-order valence-corrected chi connectivity index (χ4v) is 2.16. The van der Waals surface area contributed by atoms with Gasteiger partial charge in [0.25, 0.3) is 5.91 Å². The van der Waals surface area contributed by atoms with E-state index in [1.165, 1.54) is 0 Å². The zero-order valence-corrected chi connectivity index (χ0v) is 9.82. The van der Waals surface area contributed by atoms with Gasteiger partial charge in [0.15, 0.2) is 0 Å². The fraction of sp³-hybridized carbons (Fsp3) is 0.583. The summed E-state index contributed by atoms with van der Waals surface area (Å²) in [4.78, 5) is 14.1. The van der Waals surface area contributed by atoms with Crippen LogP contribution in [0.15, 0.2) is 16.7 Å². The Morgan fingerprint density at radius 2 is 2.50 bits per heavy atom. The van der Waals surface area contributed by atoms with Gasteiger partial charge in [0.05, 0.1) is 11.8 Å². The number of carbonyl (C=O) groups excluding carboxylic acids is 1. The lowest BCUT2D eigenvalue weighted by atomic mass is 10.2. The molecule has 1 fully saturated rings. The molecule has 1 amide bonds. The van der Waals surface area contributed by atoms with Gasteiger partial charge in [-0.1, -0.05) is 6.92 Å². The van der Waals surface area contributed by atoms with Crippen LogP contribution in [0.2, 0.25) is 0 Å². The number of carbonyl (C=O) groups is 1. The highest BCUT2D eigenvalue weighted by Crippen LogP contribution is 2.17. The maximum atomic E-state index is 12.2. The number of furan rings is 1. The third-order valence-electron chi connectivity index (χ3n) is 3.18. The molecule has 0 aliphatic carbocycles. The second-order valence-electron chi connectivity index (χ2n) is 4.14. The summed E-state index contributed by atoms with van der Waals surface area (Å²) in [6.07, 6.45) is 3.39. The van der Waals surface area contributed by atoms with Crippen molar-refractivity contribution in [1.29, 1.82) is 0 Å². The zero-order chi connectivity index (χ0) is 11.5. The normalized spacial score (nSPS) is 20.4. The average Bonchev–Trinajstić information content (AvgIpc) is 2.96. The predicted molar refractivity (Wildman–Crippen MR) is 61.5 cm³/mol. The van der Waals surface area contributed by atoms with Gasteiger partial charge in [-0.3, -0.25) is 4.79 Å². The average molecular weight is 222 g/mol. The van der Waals surface area contributed by atoms with Crippen LogP contribution < -0.4 is 5.32 Å². The standard InChI is InChI=1S/C12H18N2O2/c1-3-11-10(5-7-16-11)12(15)14-6-4-9(8-14)13-2/h5,7,9,13H,3-4,6,8H2,1-2H3. The fourth-order valence-electron chi connectivity index (χ4n) is 2.16. The van der Waals surface area contributed by atoms with Gasteiger partial charge in [0.2, 0.25) is 0 Å². The highest BCUT2D eigenvalue weighted by molar-refractivity contribution is 5.95. The van der Waals surface area contributed by atoms with E-state index < -0.39 is 0 Å². The molecule has 4 nitrogen and oxygen atoms in total. The van der Waals surface area contributed by atoms with E-state index in [2.05, 4.69) is 5.32 Å². The van der Waals surface area contributed by atoms with Crippen LogP contribution in [0.5, 0.6) is 0 Å². The molecule has 88 valence electrons. The minimum absolute atomic E-state index is 0.100. The molecule has 0 saturated carbocycles. The SMILES string of the molecule is CCc1occc1C(=O)N1CCC(NC)C1. The number of likely N-dealkylation sites (tertiary alicyclic amines) is 1. The lowest BCUT2D eigenvalue weighted by Gasteiger charge is -2.16. The summed E-state index contributed by atoms with van der Waals surface area (Å²) in [7, 11) is 1.94. The van der Waals surface area contributed by atoms with Crippen LogP contribution in [-0.4, -0.2) is 37.0 Å². The second-order valence-corrected chi connectivity index (χ2v) is 4.14. The first-order chi connectivity index (χ1) is 7.76. The molecule has 2 heterocycles. The molecule has 1 atom stereocenters. The molecule has 0 radical (unpaired) electrons. The highest BCUT2D eigenvalue weighted by atomic mass is 16.3. The zero-order valence-electron chi connectivity index (χ0n) is 9.82. The molecule has 2 rings (SSSR count). The Labute approximate surface area is 95.6 Å². The molecule has 1 aliphatic heterocycles. The van der Waals surface area contributed by atoms with E-state index in [4.69, 9.17) is 4.42 Å². The predicted octanol–water partition coefficient (Wildman–Crippen LogP) is 1.28. The van der Waals surface area contributed by atoms with Crippen LogP contribution in [-0.2, 0) is 6.42 Å². The Hall–Kier alpha value is -1.29. The second kappa shape index (κ2) is 4.70. The minimum Gasteiger partial charge on any atom is -0.469 e. The van der Waals surface area contributed by atoms with Crippen molar-refractivity contribution < 1.29 is 9.21 Å². The number of hydrogen-bond acceptors (Lipinski definition) is 3. The number of hydrogen-bond donors (Lipinski definition) is 1. The van der Waals surface area contributed by atoms with Crippen LogP contribution in [0, 0.1) is 0 Å². The van der Waals surface area contributed by atoms with E-state index in [9.17, 15) is 4.79 Å². The summed E-state index contributed by atoms with van der Waals surface area (Å²) in [5, 5.41) is 3.21. The first kappa shape index (κ1) is 11.2. The van der Waals surface area contributed by atoms with Gasteiger partial charge >= 0.3 is 0 Å². The summed E-state index contributed by atoms with van der Waals surface area (Å²) >= 11 is 0. The number of aryl methyl sites for hydroxylation is 1. The molecule has 4 heteroatoms. The molecule has 16 heavy (non-hydrogen) atoms. The number of rotatable bonds is 3. The van der Waals surface area contributed by atoms with Crippen molar-refractivity contribution in [2.24, 2.45) is 0 Å². The summed E-state index contributed by atoms with van der Waals surface area (Å²) in [5.41, 5.74) is 0.722. The van der Waals surface area contributed by atoms with E-state index in [0.29, 0.717) is 6.04 Å². The van der Waals surface area contributed by atoms with Crippen LogP contribution >= 0.6 is 0 Å². The number of nitrogens with one attached hydrogen (secondary N) is 1. The Balaban J connectivity index is 2.08. The van der Waals surface area contributed by atoms with Gasteiger partial charge in [-0.2, -0.15) is 0 Å². The Kier molecular flexibility index (Phi) is 3.29.